The van der Waals surface area contributed by atoms with Crippen molar-refractivity contribution >= 4 is 107 Å². The SMILES string of the molecule is C.CN1CCCN(c2ccc3c(n2)-n2c(nc4ccccc42)C(=O)C3)CC1.CN1CCCN(c2ccc3nc(Cl)c4nc5ccccc5n4c3n2)CC1.O=P(Cl)(Cl)Cl. The number of para-hydroxylation sites is 4. The number of halogens is 4. The summed E-state index contributed by atoms with van der Waals surface area (Å²) in [7, 11) is 4.34. The summed E-state index contributed by atoms with van der Waals surface area (Å²) in [5.41, 5.74) is 6.88. The van der Waals surface area contributed by atoms with Gasteiger partial charge in [-0.25, -0.2) is 24.9 Å². The second-order valence-electron chi connectivity index (χ2n) is 14.4. The van der Waals surface area contributed by atoms with E-state index in [9.17, 15) is 9.36 Å². The molecule has 304 valence electrons. The molecule has 2 aromatic carbocycles. The number of imidazole rings is 2. The number of fused-ring (bicyclic) bond motifs is 10. The first-order chi connectivity index (χ1) is 27.4. The molecule has 8 heterocycles. The van der Waals surface area contributed by atoms with Crippen LogP contribution in [0, 0.1) is 0 Å². The third-order valence-electron chi connectivity index (χ3n) is 10.4. The largest absolute Gasteiger partial charge is 0.355 e. The van der Waals surface area contributed by atoms with Crippen LogP contribution in [0.2, 0.25) is 5.15 Å². The van der Waals surface area contributed by atoms with Gasteiger partial charge in [0.2, 0.25) is 5.78 Å². The zero-order chi connectivity index (χ0) is 39.8. The van der Waals surface area contributed by atoms with Crippen molar-refractivity contribution in [1.29, 1.82) is 0 Å². The molecule has 10 rings (SSSR count). The Kier molecular flexibility index (Phi) is 12.8. The fourth-order valence-electron chi connectivity index (χ4n) is 7.60. The van der Waals surface area contributed by atoms with Crippen molar-refractivity contribution in [3.05, 3.63) is 89.3 Å². The molecule has 0 atom stereocenters. The van der Waals surface area contributed by atoms with E-state index in [-0.39, 0.29) is 13.2 Å². The summed E-state index contributed by atoms with van der Waals surface area (Å²) in [6, 6.07) is 24.0. The van der Waals surface area contributed by atoms with Crippen LogP contribution in [0.25, 0.3) is 44.7 Å². The minimum atomic E-state index is -3.22. The molecule has 0 aliphatic carbocycles. The number of likely N-dealkylation sites (N-methyl/N-ethyl adjacent to an activating group) is 2. The van der Waals surface area contributed by atoms with Crippen molar-refractivity contribution in [1.82, 2.24) is 43.7 Å². The van der Waals surface area contributed by atoms with Gasteiger partial charge >= 0.3 is 5.20 Å². The molecule has 0 saturated carbocycles. The van der Waals surface area contributed by atoms with E-state index in [1.54, 1.807) is 0 Å². The maximum absolute atomic E-state index is 12.6. The summed E-state index contributed by atoms with van der Waals surface area (Å²) in [4.78, 5) is 45.6. The average molecular weight is 884 g/mol. The third-order valence-corrected chi connectivity index (χ3v) is 10.7. The molecule has 0 radical (unpaired) electrons. The molecule has 7 aromatic rings. The maximum atomic E-state index is 12.6. The quantitative estimate of drug-likeness (QED) is 0.155. The standard InChI is InChI=1S/C20H21N5O.C19H19ClN6.CH4.Cl3OP/c1-23-9-4-10-24(12-11-23)18-8-7-14-13-17(26)20-21-15-5-2-3-6-16(15)25(20)19(14)22-18;1-24-9-4-10-25(12-11-24)16-8-7-14-18(23-16)26-15-6-3-2-5-13(15)22-19(26)17(20)21-14;;1-5(2,3)4/h2-3,5-8H,4,9-13H2,1H3;2-3,5-8H,4,9-12H2,1H3;1H4;. The number of hydrogen-bond acceptors (Lipinski definition) is 11. The number of carbonyl (C=O) groups excluding carboxylic acids is 1. The molecular weight excluding hydrogens is 839 g/mol. The van der Waals surface area contributed by atoms with Gasteiger partial charge in [-0.2, -0.15) is 0 Å². The maximum Gasteiger partial charge on any atom is 0.339 e. The number of carbonyl (C=O) groups is 1. The van der Waals surface area contributed by atoms with Crippen LogP contribution < -0.4 is 9.80 Å². The van der Waals surface area contributed by atoms with Gasteiger partial charge in [0.1, 0.15) is 23.0 Å². The second-order valence-corrected chi connectivity index (χ2v) is 21.4. The smallest absolute Gasteiger partial charge is 0.339 e. The molecule has 0 unspecified atom stereocenters. The Morgan fingerprint density at radius 1 is 0.603 bits per heavy atom. The summed E-state index contributed by atoms with van der Waals surface area (Å²) in [5.74, 6) is 3.37. The van der Waals surface area contributed by atoms with E-state index in [1.807, 2.05) is 69.6 Å². The van der Waals surface area contributed by atoms with Gasteiger partial charge in [0.15, 0.2) is 22.3 Å². The normalized spacial score (nSPS) is 16.5. The number of rotatable bonds is 2. The van der Waals surface area contributed by atoms with E-state index in [0.29, 0.717) is 23.0 Å². The molecule has 2 fully saturated rings. The lowest BCUT2D eigenvalue weighted by atomic mass is 10.1. The van der Waals surface area contributed by atoms with Crippen LogP contribution >= 0.6 is 50.5 Å². The Morgan fingerprint density at radius 2 is 1.17 bits per heavy atom. The van der Waals surface area contributed by atoms with Crippen LogP contribution in [-0.4, -0.2) is 116 Å². The van der Waals surface area contributed by atoms with Gasteiger partial charge in [-0.05, 0) is 116 Å². The molecule has 5 aromatic heterocycles. The Balaban J connectivity index is 0.000000156. The number of hydrogen-bond donors (Lipinski definition) is 0. The lowest BCUT2D eigenvalue weighted by molar-refractivity contribution is 0.0977. The number of ketones is 1. The number of anilines is 2. The van der Waals surface area contributed by atoms with E-state index in [0.717, 1.165) is 121 Å². The summed E-state index contributed by atoms with van der Waals surface area (Å²) >= 11 is 20.2. The Hall–Kier alpha value is -4.07. The lowest BCUT2D eigenvalue weighted by Crippen LogP contribution is -2.30. The van der Waals surface area contributed by atoms with E-state index >= 15 is 0 Å². The molecule has 3 aliphatic rings. The summed E-state index contributed by atoms with van der Waals surface area (Å²) in [5, 5.41) is -2.82. The van der Waals surface area contributed by atoms with Crippen LogP contribution in [0.15, 0.2) is 72.8 Å². The first-order valence-electron chi connectivity index (χ1n) is 18.7. The fourth-order valence-corrected chi connectivity index (χ4v) is 7.82. The van der Waals surface area contributed by atoms with Gasteiger partial charge in [0.25, 0.3) is 0 Å². The second kappa shape index (κ2) is 17.6. The Bertz CT molecular complexity index is 2660. The van der Waals surface area contributed by atoms with Crippen LogP contribution in [0.4, 0.5) is 11.6 Å². The van der Waals surface area contributed by atoms with Crippen LogP contribution in [0.3, 0.4) is 0 Å². The monoisotopic (exact) mass is 881 g/mol. The van der Waals surface area contributed by atoms with Crippen molar-refractivity contribution < 1.29 is 9.36 Å². The van der Waals surface area contributed by atoms with Gasteiger partial charge < -0.3 is 19.6 Å². The fraction of sp³-hybridized carbons (Fsp3) is 0.350. The number of Topliss-reactive ketones (excluding diaryl/α,β-unsaturated/α-hetero) is 1. The first kappa shape index (κ1) is 42.1. The first-order valence-corrected chi connectivity index (χ1v) is 23.5. The molecule has 13 nitrogen and oxygen atoms in total. The van der Waals surface area contributed by atoms with E-state index in [4.69, 9.17) is 21.6 Å². The highest BCUT2D eigenvalue weighted by Crippen LogP contribution is 2.61. The Morgan fingerprint density at radius 3 is 1.83 bits per heavy atom. The molecule has 0 spiro atoms. The summed E-state index contributed by atoms with van der Waals surface area (Å²) in [6.45, 7) is 8.29. The molecule has 0 amide bonds. The average Bonchev–Trinajstić information content (AvgIpc) is 3.61. The van der Waals surface area contributed by atoms with Crippen LogP contribution in [0.1, 0.15) is 36.5 Å². The molecule has 2 saturated heterocycles. The number of nitrogens with zero attached hydrogens (tertiary/aromatic N) is 11. The zero-order valence-corrected chi connectivity index (χ0v) is 35.3. The third kappa shape index (κ3) is 9.06. The molecular formula is C40H44Cl4N11O2P. The molecule has 0 N–H and O–H groups in total. The lowest BCUT2D eigenvalue weighted by Gasteiger charge is -2.24. The minimum absolute atomic E-state index is 0. The molecule has 18 heteroatoms. The number of benzene rings is 2. The highest BCUT2D eigenvalue weighted by Gasteiger charge is 2.28. The topological polar surface area (TPSA) is 121 Å². The predicted octanol–water partition coefficient (Wildman–Crippen LogP) is 8.97. The van der Waals surface area contributed by atoms with Gasteiger partial charge in [-0.1, -0.05) is 49.4 Å². The summed E-state index contributed by atoms with van der Waals surface area (Å²) < 4.78 is 13.5. The van der Waals surface area contributed by atoms with Crippen molar-refractivity contribution in [2.24, 2.45) is 0 Å². The van der Waals surface area contributed by atoms with Crippen LogP contribution in [-0.2, 0) is 11.0 Å². The van der Waals surface area contributed by atoms with E-state index in [2.05, 4.69) is 94.5 Å². The minimum Gasteiger partial charge on any atom is -0.355 e. The van der Waals surface area contributed by atoms with Crippen molar-refractivity contribution in [3.8, 4) is 5.82 Å². The van der Waals surface area contributed by atoms with Crippen molar-refractivity contribution in [3.63, 3.8) is 0 Å². The highest BCUT2D eigenvalue weighted by molar-refractivity contribution is 8.24. The Labute approximate surface area is 356 Å². The summed E-state index contributed by atoms with van der Waals surface area (Å²) in [6.07, 6.45) is 2.64. The number of pyridine rings is 2. The van der Waals surface area contributed by atoms with E-state index in [1.165, 1.54) is 0 Å². The predicted molar refractivity (Wildman–Crippen MR) is 238 cm³/mol. The van der Waals surface area contributed by atoms with E-state index < -0.39 is 5.20 Å². The zero-order valence-electron chi connectivity index (χ0n) is 31.4. The van der Waals surface area contributed by atoms with Crippen molar-refractivity contribution in [2.75, 3.05) is 76.3 Å². The van der Waals surface area contributed by atoms with Gasteiger partial charge in [-0.15, -0.1) is 0 Å². The van der Waals surface area contributed by atoms with Gasteiger partial charge in [0, 0.05) is 51.3 Å². The number of aromatic nitrogens is 7. The molecule has 3 aliphatic heterocycles. The molecule has 58 heavy (non-hydrogen) atoms. The molecule has 0 bridgehead atoms. The van der Waals surface area contributed by atoms with Crippen LogP contribution in [0.5, 0.6) is 0 Å². The van der Waals surface area contributed by atoms with Gasteiger partial charge in [0.05, 0.1) is 22.1 Å². The van der Waals surface area contributed by atoms with Gasteiger partial charge in [-0.3, -0.25) is 18.3 Å². The van der Waals surface area contributed by atoms with Crippen molar-refractivity contribution in [2.45, 2.75) is 26.7 Å². The highest BCUT2D eigenvalue weighted by atomic mass is 36.0.